The molecule has 0 bridgehead atoms. The fraction of sp³-hybridized carbons (Fsp3) is 0.167. The summed E-state index contributed by atoms with van der Waals surface area (Å²) in [4.78, 5) is 7.38. The zero-order valence-corrected chi connectivity index (χ0v) is 14.7. The number of hydrogen-bond donors (Lipinski definition) is 0. The Balaban J connectivity index is 2.28. The van der Waals surface area contributed by atoms with Crippen LogP contribution < -0.4 is 0 Å². The number of aromatic nitrogens is 4. The van der Waals surface area contributed by atoms with Crippen molar-refractivity contribution in [1.82, 2.24) is 20.2 Å². The van der Waals surface area contributed by atoms with Crippen molar-refractivity contribution >= 4 is 56.4 Å². The second-order valence-electron chi connectivity index (χ2n) is 4.49. The predicted octanol–water partition coefficient (Wildman–Crippen LogP) is 4.28. The van der Waals surface area contributed by atoms with Crippen molar-refractivity contribution in [3.8, 4) is 0 Å². The van der Waals surface area contributed by atoms with Crippen molar-refractivity contribution in [2.75, 3.05) is 0 Å². The third-order valence-corrected chi connectivity index (χ3v) is 5.88. The maximum Gasteiger partial charge on any atom is 0.436 e. The van der Waals surface area contributed by atoms with E-state index in [0.717, 1.165) is 11.3 Å². The summed E-state index contributed by atoms with van der Waals surface area (Å²) in [6.45, 7) is 1.59. The average Bonchev–Trinajstić information content (AvgIpc) is 2.92. The molecule has 2 heterocycles. The van der Waals surface area contributed by atoms with Gasteiger partial charge in [0.15, 0.2) is 10.7 Å². The van der Waals surface area contributed by atoms with E-state index in [1.807, 2.05) is 0 Å². The fourth-order valence-electron chi connectivity index (χ4n) is 1.79. The van der Waals surface area contributed by atoms with Gasteiger partial charge in [-0.05, 0) is 19.1 Å². The second-order valence-corrected chi connectivity index (χ2v) is 8.05. The van der Waals surface area contributed by atoms with E-state index in [1.165, 1.54) is 12.1 Å². The van der Waals surface area contributed by atoms with Crippen molar-refractivity contribution in [3.05, 3.63) is 32.9 Å². The Labute approximate surface area is 149 Å². The quantitative estimate of drug-likeness (QED) is 0.627. The number of alkyl halides is 3. The van der Waals surface area contributed by atoms with Crippen LogP contribution in [-0.4, -0.2) is 24.4 Å². The van der Waals surface area contributed by atoms with Gasteiger partial charge in [0.05, 0.1) is 21.1 Å². The van der Waals surface area contributed by atoms with Crippen LogP contribution in [0, 0.1) is 6.92 Å². The number of nitrogens with zero attached hydrogens (tertiary/aromatic N) is 4. The van der Waals surface area contributed by atoms with Crippen LogP contribution in [0.3, 0.4) is 0 Å². The smallest absolute Gasteiger partial charge is 0.245 e. The SMILES string of the molecule is Cc1nnc(S(=O)c2nc3cc(Cl)c(Cl)cc3nc2C(F)(F)F)s1. The molecule has 0 N–H and O–H groups in total. The highest BCUT2D eigenvalue weighted by Crippen LogP contribution is 2.35. The lowest BCUT2D eigenvalue weighted by atomic mass is 10.3. The van der Waals surface area contributed by atoms with E-state index in [-0.39, 0.29) is 25.4 Å². The first-order valence-electron chi connectivity index (χ1n) is 6.12. The summed E-state index contributed by atoms with van der Waals surface area (Å²) in [6, 6.07) is 2.43. The molecule has 24 heavy (non-hydrogen) atoms. The Morgan fingerprint density at radius 2 is 1.67 bits per heavy atom. The molecular formula is C12H5Cl2F3N4OS2. The van der Waals surface area contributed by atoms with Crippen LogP contribution in [0.15, 0.2) is 21.5 Å². The van der Waals surface area contributed by atoms with E-state index in [0.29, 0.717) is 5.01 Å². The highest BCUT2D eigenvalue weighted by Gasteiger charge is 2.39. The van der Waals surface area contributed by atoms with Crippen molar-refractivity contribution in [2.24, 2.45) is 0 Å². The molecule has 0 saturated carbocycles. The highest BCUT2D eigenvalue weighted by molar-refractivity contribution is 7.87. The molecule has 126 valence electrons. The Bertz CT molecular complexity index is 977. The molecule has 1 atom stereocenters. The zero-order valence-electron chi connectivity index (χ0n) is 11.6. The molecule has 0 saturated heterocycles. The first-order valence-corrected chi connectivity index (χ1v) is 8.85. The second kappa shape index (κ2) is 6.17. The van der Waals surface area contributed by atoms with Gasteiger partial charge in [-0.1, -0.05) is 34.5 Å². The molecule has 1 unspecified atom stereocenters. The van der Waals surface area contributed by atoms with Crippen LogP contribution in [0.4, 0.5) is 13.2 Å². The van der Waals surface area contributed by atoms with Gasteiger partial charge >= 0.3 is 6.18 Å². The largest absolute Gasteiger partial charge is 0.436 e. The van der Waals surface area contributed by atoms with Gasteiger partial charge in [0, 0.05) is 0 Å². The number of aryl methyl sites for hydroxylation is 1. The zero-order chi connectivity index (χ0) is 17.6. The topological polar surface area (TPSA) is 68.6 Å². The lowest BCUT2D eigenvalue weighted by molar-refractivity contribution is -0.143. The standard InChI is InChI=1S/C12H5Cl2F3N4OS2/c1-4-20-21-11(23-4)24(22)10-9(12(15,16)17)18-7-2-5(13)6(14)3-8(7)19-10/h2-3H,1H3. The summed E-state index contributed by atoms with van der Waals surface area (Å²) in [6.07, 6.45) is -4.85. The van der Waals surface area contributed by atoms with Gasteiger partial charge in [0.1, 0.15) is 15.8 Å². The van der Waals surface area contributed by atoms with E-state index in [1.54, 1.807) is 6.92 Å². The molecule has 0 aliphatic heterocycles. The van der Waals surface area contributed by atoms with Crippen LogP contribution >= 0.6 is 34.5 Å². The first kappa shape index (κ1) is 17.5. The Kier molecular flexibility index (Phi) is 4.49. The van der Waals surface area contributed by atoms with E-state index in [4.69, 9.17) is 23.2 Å². The van der Waals surface area contributed by atoms with E-state index < -0.39 is 27.7 Å². The summed E-state index contributed by atoms with van der Waals surface area (Å²) in [7, 11) is -2.28. The van der Waals surface area contributed by atoms with Crippen LogP contribution in [0.1, 0.15) is 10.7 Å². The van der Waals surface area contributed by atoms with Crippen LogP contribution in [0.5, 0.6) is 0 Å². The van der Waals surface area contributed by atoms with Crippen LogP contribution in [0.25, 0.3) is 11.0 Å². The fourth-order valence-corrected chi connectivity index (χ4v) is 4.22. The molecule has 0 aliphatic rings. The van der Waals surface area contributed by atoms with Gasteiger partial charge in [-0.15, -0.1) is 10.2 Å². The molecule has 0 aliphatic carbocycles. The maximum atomic E-state index is 13.3. The Morgan fingerprint density at radius 1 is 1.08 bits per heavy atom. The Morgan fingerprint density at radius 3 is 2.17 bits per heavy atom. The van der Waals surface area contributed by atoms with Gasteiger partial charge in [0.25, 0.3) is 0 Å². The maximum absolute atomic E-state index is 13.3. The normalized spacial score (nSPS) is 13.4. The van der Waals surface area contributed by atoms with Crippen molar-refractivity contribution < 1.29 is 17.4 Å². The lowest BCUT2D eigenvalue weighted by Gasteiger charge is -2.11. The number of benzene rings is 1. The number of fused-ring (bicyclic) bond motifs is 1. The molecule has 2 aromatic heterocycles. The van der Waals surface area contributed by atoms with Gasteiger partial charge in [-0.25, -0.2) is 14.2 Å². The monoisotopic (exact) mass is 412 g/mol. The molecule has 0 spiro atoms. The molecule has 3 aromatic rings. The first-order chi connectivity index (χ1) is 11.2. The van der Waals surface area contributed by atoms with Gasteiger partial charge in [0.2, 0.25) is 4.34 Å². The number of halogens is 5. The minimum absolute atomic E-state index is 0.0419. The predicted molar refractivity (Wildman–Crippen MR) is 83.9 cm³/mol. The van der Waals surface area contributed by atoms with Gasteiger partial charge in [-0.3, -0.25) is 0 Å². The molecule has 0 amide bonds. The number of hydrogen-bond acceptors (Lipinski definition) is 6. The van der Waals surface area contributed by atoms with E-state index >= 15 is 0 Å². The third kappa shape index (κ3) is 3.23. The van der Waals surface area contributed by atoms with Crippen LogP contribution in [-0.2, 0) is 17.0 Å². The van der Waals surface area contributed by atoms with Crippen molar-refractivity contribution in [2.45, 2.75) is 22.5 Å². The minimum atomic E-state index is -4.85. The molecule has 0 fully saturated rings. The molecule has 1 aromatic carbocycles. The summed E-state index contributed by atoms with van der Waals surface area (Å²) >= 11 is 12.6. The molecule has 12 heteroatoms. The molecule has 5 nitrogen and oxygen atoms in total. The highest BCUT2D eigenvalue weighted by atomic mass is 35.5. The molecular weight excluding hydrogens is 408 g/mol. The van der Waals surface area contributed by atoms with Crippen molar-refractivity contribution in [3.63, 3.8) is 0 Å². The average molecular weight is 413 g/mol. The summed E-state index contributed by atoms with van der Waals surface area (Å²) < 4.78 is 52.3. The summed E-state index contributed by atoms with van der Waals surface area (Å²) in [5, 5.41) is 7.13. The lowest BCUT2D eigenvalue weighted by Crippen LogP contribution is -2.15. The molecule has 3 rings (SSSR count). The van der Waals surface area contributed by atoms with Gasteiger partial charge in [-0.2, -0.15) is 13.2 Å². The van der Waals surface area contributed by atoms with Crippen molar-refractivity contribution in [1.29, 1.82) is 0 Å². The molecule has 0 radical (unpaired) electrons. The van der Waals surface area contributed by atoms with E-state index in [9.17, 15) is 17.4 Å². The third-order valence-electron chi connectivity index (χ3n) is 2.78. The number of rotatable bonds is 2. The van der Waals surface area contributed by atoms with Gasteiger partial charge < -0.3 is 0 Å². The Hall–Kier alpha value is -1.36. The van der Waals surface area contributed by atoms with Crippen LogP contribution in [0.2, 0.25) is 10.0 Å². The van der Waals surface area contributed by atoms with E-state index in [2.05, 4.69) is 20.2 Å². The summed E-state index contributed by atoms with van der Waals surface area (Å²) in [5.74, 6) is 0. The summed E-state index contributed by atoms with van der Waals surface area (Å²) in [5.41, 5.74) is -1.42. The minimum Gasteiger partial charge on any atom is -0.245 e.